The third kappa shape index (κ3) is 4.77. The Balaban J connectivity index is 3.14. The van der Waals surface area contributed by atoms with Gasteiger partial charge in [0.2, 0.25) is 6.29 Å². The maximum absolute atomic E-state index is 11.3. The molecular formula is C11H18NO9P. The molecule has 1 fully saturated rings. The third-order valence-corrected chi connectivity index (χ3v) is 3.03. The second kappa shape index (κ2) is 8.23. The number of aliphatic hydroxyl groups is 1. The standard InChI is InChI=1S/C11H18NO9P/c1-4(14)17-8-7(20-11(12)16)6(3-13)19-10(21-22)9(8)18-5(2)15/h6-10,13H,3,22H2,1-2H3,(H2,12,16)/t6-,7-,8+,9+,10-/m1/s1. The van der Waals surface area contributed by atoms with E-state index in [0.717, 1.165) is 13.8 Å². The van der Waals surface area contributed by atoms with Crippen LogP contribution in [0.1, 0.15) is 13.8 Å². The molecule has 0 aromatic rings. The van der Waals surface area contributed by atoms with Gasteiger partial charge in [0.25, 0.3) is 0 Å². The molecule has 0 bridgehead atoms. The van der Waals surface area contributed by atoms with E-state index < -0.39 is 55.3 Å². The molecule has 0 aromatic heterocycles. The first-order chi connectivity index (χ1) is 10.3. The van der Waals surface area contributed by atoms with Crippen LogP contribution in [-0.4, -0.2) is 60.5 Å². The molecule has 126 valence electrons. The van der Waals surface area contributed by atoms with Crippen LogP contribution in [-0.2, 0) is 33.1 Å². The van der Waals surface area contributed by atoms with Crippen molar-refractivity contribution in [3.8, 4) is 0 Å². The molecule has 3 N–H and O–H groups in total. The fourth-order valence-corrected chi connectivity index (χ4v) is 2.27. The molecule has 0 saturated carbocycles. The summed E-state index contributed by atoms with van der Waals surface area (Å²) in [7, 11) is 1.90. The number of aliphatic hydroxyl groups excluding tert-OH is 1. The third-order valence-electron chi connectivity index (χ3n) is 2.76. The minimum atomic E-state index is -1.27. The van der Waals surface area contributed by atoms with Gasteiger partial charge in [-0.3, -0.25) is 9.59 Å². The van der Waals surface area contributed by atoms with Crippen LogP contribution in [0.4, 0.5) is 4.79 Å². The Kier molecular flexibility index (Phi) is 6.95. The summed E-state index contributed by atoms with van der Waals surface area (Å²) >= 11 is 0. The van der Waals surface area contributed by atoms with Gasteiger partial charge in [-0.15, -0.1) is 0 Å². The van der Waals surface area contributed by atoms with Crippen molar-refractivity contribution in [1.82, 2.24) is 0 Å². The quantitative estimate of drug-likeness (QED) is 0.360. The minimum absolute atomic E-state index is 0.576. The molecule has 1 rings (SSSR count). The molecule has 10 nitrogen and oxygen atoms in total. The maximum atomic E-state index is 11.3. The molecule has 0 aromatic carbocycles. The molecule has 1 aliphatic rings. The summed E-state index contributed by atoms with van der Waals surface area (Å²) in [5, 5.41) is 9.34. The van der Waals surface area contributed by atoms with Crippen molar-refractivity contribution >= 4 is 27.5 Å². The van der Waals surface area contributed by atoms with E-state index in [-0.39, 0.29) is 0 Å². The highest BCUT2D eigenvalue weighted by molar-refractivity contribution is 7.09. The van der Waals surface area contributed by atoms with Crippen LogP contribution in [0.5, 0.6) is 0 Å². The second-order valence-electron chi connectivity index (χ2n) is 4.41. The number of nitrogens with two attached hydrogens (primary N) is 1. The lowest BCUT2D eigenvalue weighted by molar-refractivity contribution is -0.281. The van der Waals surface area contributed by atoms with Crippen molar-refractivity contribution in [2.24, 2.45) is 5.73 Å². The van der Waals surface area contributed by atoms with Crippen molar-refractivity contribution in [3.63, 3.8) is 0 Å². The van der Waals surface area contributed by atoms with E-state index in [4.69, 9.17) is 29.2 Å². The minimum Gasteiger partial charge on any atom is -0.454 e. The van der Waals surface area contributed by atoms with E-state index in [9.17, 15) is 19.5 Å². The Morgan fingerprint density at radius 2 is 1.64 bits per heavy atom. The highest BCUT2D eigenvalue weighted by Gasteiger charge is 2.52. The van der Waals surface area contributed by atoms with Crippen molar-refractivity contribution in [3.05, 3.63) is 0 Å². The van der Waals surface area contributed by atoms with Crippen LogP contribution in [0.25, 0.3) is 0 Å². The van der Waals surface area contributed by atoms with Gasteiger partial charge in [0.1, 0.15) is 6.10 Å². The van der Waals surface area contributed by atoms with E-state index in [1.807, 2.05) is 9.47 Å². The predicted octanol–water partition coefficient (Wildman–Crippen LogP) is -1.16. The Bertz CT molecular complexity index is 402. The monoisotopic (exact) mass is 339 g/mol. The van der Waals surface area contributed by atoms with Gasteiger partial charge in [0, 0.05) is 23.3 Å². The predicted molar refractivity (Wildman–Crippen MR) is 72.1 cm³/mol. The molecule has 0 aliphatic carbocycles. The summed E-state index contributed by atoms with van der Waals surface area (Å²) < 4.78 is 25.2. The van der Waals surface area contributed by atoms with Gasteiger partial charge in [-0.1, -0.05) is 0 Å². The molecule has 0 spiro atoms. The molecule has 1 saturated heterocycles. The van der Waals surface area contributed by atoms with Crippen molar-refractivity contribution in [2.45, 2.75) is 44.6 Å². The first kappa shape index (κ1) is 18.6. The van der Waals surface area contributed by atoms with Gasteiger partial charge in [0.05, 0.1) is 6.61 Å². The van der Waals surface area contributed by atoms with Crippen LogP contribution in [0.2, 0.25) is 0 Å². The molecular weight excluding hydrogens is 321 g/mol. The molecule has 1 heterocycles. The maximum Gasteiger partial charge on any atom is 0.405 e. The van der Waals surface area contributed by atoms with E-state index in [1.54, 1.807) is 0 Å². The lowest BCUT2D eigenvalue weighted by atomic mass is 9.98. The second-order valence-corrected chi connectivity index (χ2v) is 4.68. The molecule has 1 unspecified atom stereocenters. The van der Waals surface area contributed by atoms with E-state index in [0.29, 0.717) is 0 Å². The number of amides is 1. The lowest BCUT2D eigenvalue weighted by Crippen LogP contribution is -2.62. The van der Waals surface area contributed by atoms with Gasteiger partial charge in [0.15, 0.2) is 18.3 Å². The van der Waals surface area contributed by atoms with Gasteiger partial charge < -0.3 is 34.3 Å². The number of primary amides is 1. The first-order valence-corrected chi connectivity index (χ1v) is 6.69. The van der Waals surface area contributed by atoms with Gasteiger partial charge in [-0.05, 0) is 0 Å². The zero-order valence-electron chi connectivity index (χ0n) is 12.0. The summed E-state index contributed by atoms with van der Waals surface area (Å²) in [5.41, 5.74) is 4.97. The number of esters is 2. The van der Waals surface area contributed by atoms with Gasteiger partial charge in [-0.25, -0.2) is 4.79 Å². The average molecular weight is 339 g/mol. The molecule has 11 heteroatoms. The van der Waals surface area contributed by atoms with Crippen molar-refractivity contribution < 1.29 is 43.0 Å². The normalized spacial score (nSPS) is 31.2. The average Bonchev–Trinajstić information content (AvgIpc) is 2.41. The Morgan fingerprint density at radius 1 is 1.09 bits per heavy atom. The van der Waals surface area contributed by atoms with Crippen molar-refractivity contribution in [2.75, 3.05) is 6.61 Å². The van der Waals surface area contributed by atoms with Crippen LogP contribution >= 0.6 is 9.47 Å². The number of ether oxygens (including phenoxy) is 4. The topological polar surface area (TPSA) is 144 Å². The molecule has 22 heavy (non-hydrogen) atoms. The van der Waals surface area contributed by atoms with Crippen molar-refractivity contribution in [1.29, 1.82) is 0 Å². The highest BCUT2D eigenvalue weighted by atomic mass is 31.0. The number of carbonyl (C=O) groups is 3. The van der Waals surface area contributed by atoms with E-state index >= 15 is 0 Å². The number of carbonyl (C=O) groups excluding carboxylic acids is 3. The van der Waals surface area contributed by atoms with Crippen LogP contribution in [0.3, 0.4) is 0 Å². The van der Waals surface area contributed by atoms with E-state index in [2.05, 4.69) is 0 Å². The largest absolute Gasteiger partial charge is 0.454 e. The molecule has 1 aliphatic heterocycles. The van der Waals surface area contributed by atoms with Crippen LogP contribution in [0, 0.1) is 0 Å². The fourth-order valence-electron chi connectivity index (χ4n) is 2.05. The Hall–Kier alpha value is -1.48. The molecule has 0 radical (unpaired) electrons. The van der Waals surface area contributed by atoms with Crippen LogP contribution in [0.15, 0.2) is 0 Å². The Morgan fingerprint density at radius 3 is 2.05 bits per heavy atom. The first-order valence-electron chi connectivity index (χ1n) is 6.22. The zero-order chi connectivity index (χ0) is 16.9. The number of hydrogen-bond donors (Lipinski definition) is 2. The SMILES string of the molecule is CC(=O)O[C@@H]1[C@H](OC(C)=O)[C@@H](OP)O[C@H](CO)[C@H]1OC(N)=O. The lowest BCUT2D eigenvalue weighted by Gasteiger charge is -2.43. The smallest absolute Gasteiger partial charge is 0.405 e. The summed E-state index contributed by atoms with van der Waals surface area (Å²) in [6, 6.07) is 0. The van der Waals surface area contributed by atoms with E-state index in [1.165, 1.54) is 0 Å². The highest BCUT2D eigenvalue weighted by Crippen LogP contribution is 2.30. The zero-order valence-corrected chi connectivity index (χ0v) is 13.1. The number of hydrogen-bond acceptors (Lipinski definition) is 9. The molecule has 6 atom stereocenters. The summed E-state index contributed by atoms with van der Waals surface area (Å²) in [6.45, 7) is 1.67. The van der Waals surface area contributed by atoms with Crippen LogP contribution < -0.4 is 5.73 Å². The molecule has 1 amide bonds. The summed E-state index contributed by atoms with van der Waals surface area (Å²) in [5.74, 6) is -1.42. The fraction of sp³-hybridized carbons (Fsp3) is 0.727. The Labute approximate surface area is 128 Å². The van der Waals surface area contributed by atoms with Gasteiger partial charge in [-0.2, -0.15) is 0 Å². The van der Waals surface area contributed by atoms with Gasteiger partial charge >= 0.3 is 18.0 Å². The number of rotatable bonds is 5. The summed E-state index contributed by atoms with van der Waals surface area (Å²) in [4.78, 5) is 33.5. The summed E-state index contributed by atoms with van der Waals surface area (Å²) in [6.07, 6.45) is -7.17.